The number of primary amides is 1. The molecule has 2 aromatic rings. The summed E-state index contributed by atoms with van der Waals surface area (Å²) in [4.78, 5) is 41.1. The molecule has 176 valence electrons. The minimum atomic E-state index is -0.812. The van der Waals surface area contributed by atoms with Gasteiger partial charge in [0.05, 0.1) is 17.2 Å². The number of urea groups is 1. The zero-order valence-corrected chi connectivity index (χ0v) is 19.8. The standard InChI is InChI=1S/C24H29ClN4O4/c1-4-11-33-18-9-10-19(20(25)12-18)23(31)29-13-15(2)28(24(32)27-16(3)22(26)30)14-17-7-5-6-8-21(17)29/h5-10,12,15-16H,4,11,13-14H2,1-3H3,(H2,26,30)(H,27,32)/t15-,16+/m1/s1. The van der Waals surface area contributed by atoms with Crippen LogP contribution in [-0.4, -0.2) is 48.0 Å². The van der Waals surface area contributed by atoms with Gasteiger partial charge in [0.1, 0.15) is 11.8 Å². The van der Waals surface area contributed by atoms with E-state index in [1.807, 2.05) is 38.1 Å². The predicted molar refractivity (Wildman–Crippen MR) is 128 cm³/mol. The molecule has 0 unspecified atom stereocenters. The van der Waals surface area contributed by atoms with Crippen molar-refractivity contribution in [1.29, 1.82) is 0 Å². The maximum Gasteiger partial charge on any atom is 0.318 e. The van der Waals surface area contributed by atoms with Crippen molar-refractivity contribution in [2.75, 3.05) is 18.1 Å². The lowest BCUT2D eigenvalue weighted by Crippen LogP contribution is -2.52. The van der Waals surface area contributed by atoms with E-state index in [1.165, 1.54) is 6.92 Å². The Balaban J connectivity index is 1.90. The summed E-state index contributed by atoms with van der Waals surface area (Å²) < 4.78 is 5.61. The highest BCUT2D eigenvalue weighted by molar-refractivity contribution is 6.34. The summed E-state index contributed by atoms with van der Waals surface area (Å²) in [5, 5.41) is 2.92. The smallest absolute Gasteiger partial charge is 0.318 e. The Bertz CT molecular complexity index is 1040. The molecule has 1 aliphatic rings. The summed E-state index contributed by atoms with van der Waals surface area (Å²) in [5.41, 5.74) is 7.14. The van der Waals surface area contributed by atoms with Crippen LogP contribution in [0.2, 0.25) is 5.02 Å². The first-order valence-corrected chi connectivity index (χ1v) is 11.3. The van der Waals surface area contributed by atoms with E-state index in [9.17, 15) is 14.4 Å². The van der Waals surface area contributed by atoms with E-state index in [-0.39, 0.29) is 25.0 Å². The third-order valence-electron chi connectivity index (χ3n) is 5.52. The van der Waals surface area contributed by atoms with Gasteiger partial charge >= 0.3 is 6.03 Å². The van der Waals surface area contributed by atoms with E-state index in [0.717, 1.165) is 12.0 Å². The summed E-state index contributed by atoms with van der Waals surface area (Å²) in [5.74, 6) is -0.285. The van der Waals surface area contributed by atoms with Gasteiger partial charge in [-0.1, -0.05) is 36.7 Å². The Morgan fingerprint density at radius 1 is 1.24 bits per heavy atom. The molecule has 3 rings (SSSR count). The van der Waals surface area contributed by atoms with Gasteiger partial charge in [-0.25, -0.2) is 4.79 Å². The second-order valence-corrected chi connectivity index (χ2v) is 8.49. The van der Waals surface area contributed by atoms with E-state index >= 15 is 0 Å². The van der Waals surface area contributed by atoms with Crippen LogP contribution in [0.3, 0.4) is 0 Å². The molecule has 0 saturated heterocycles. The highest BCUT2D eigenvalue weighted by Gasteiger charge is 2.32. The number of nitrogens with one attached hydrogen (secondary N) is 1. The summed E-state index contributed by atoms with van der Waals surface area (Å²) in [6, 6.07) is 10.9. The van der Waals surface area contributed by atoms with E-state index in [1.54, 1.807) is 28.0 Å². The number of ether oxygens (including phenoxy) is 1. The first-order chi connectivity index (χ1) is 15.7. The number of carbonyl (C=O) groups is 3. The molecule has 2 atom stereocenters. The van der Waals surface area contributed by atoms with Crippen LogP contribution in [0.15, 0.2) is 42.5 Å². The number of nitrogens with two attached hydrogens (primary N) is 1. The number of fused-ring (bicyclic) bond motifs is 1. The highest BCUT2D eigenvalue weighted by Crippen LogP contribution is 2.31. The van der Waals surface area contributed by atoms with Gasteiger partial charge in [0, 0.05) is 24.8 Å². The van der Waals surface area contributed by atoms with Crippen molar-refractivity contribution in [3.8, 4) is 5.75 Å². The summed E-state index contributed by atoms with van der Waals surface area (Å²) in [6.07, 6.45) is 0.864. The Hall–Kier alpha value is -3.26. The topological polar surface area (TPSA) is 105 Å². The Morgan fingerprint density at radius 2 is 1.97 bits per heavy atom. The molecule has 33 heavy (non-hydrogen) atoms. The summed E-state index contributed by atoms with van der Waals surface area (Å²) >= 11 is 6.45. The van der Waals surface area contributed by atoms with E-state index < -0.39 is 18.0 Å². The molecule has 0 saturated carbocycles. The molecule has 2 aromatic carbocycles. The van der Waals surface area contributed by atoms with Crippen molar-refractivity contribution >= 4 is 35.1 Å². The van der Waals surface area contributed by atoms with Crippen LogP contribution in [-0.2, 0) is 11.3 Å². The number of anilines is 1. The fraction of sp³-hybridized carbons (Fsp3) is 0.375. The number of rotatable bonds is 6. The van der Waals surface area contributed by atoms with Crippen LogP contribution in [0, 0.1) is 0 Å². The van der Waals surface area contributed by atoms with Crippen molar-refractivity contribution in [1.82, 2.24) is 10.2 Å². The Morgan fingerprint density at radius 3 is 2.64 bits per heavy atom. The van der Waals surface area contributed by atoms with E-state index in [2.05, 4.69) is 5.32 Å². The molecular formula is C24H29ClN4O4. The average molecular weight is 473 g/mol. The molecule has 0 spiro atoms. The lowest BCUT2D eigenvalue weighted by molar-refractivity contribution is -0.119. The maximum absolute atomic E-state index is 13.6. The first kappa shape index (κ1) is 24.4. The number of amides is 4. The van der Waals surface area contributed by atoms with Crippen molar-refractivity contribution in [2.24, 2.45) is 5.73 Å². The Kier molecular flexibility index (Phi) is 7.81. The number of carbonyl (C=O) groups excluding carboxylic acids is 3. The molecule has 0 bridgehead atoms. The van der Waals surface area contributed by atoms with Gasteiger partial charge in [0.25, 0.3) is 5.91 Å². The van der Waals surface area contributed by atoms with Crippen molar-refractivity contribution in [3.05, 3.63) is 58.6 Å². The molecular weight excluding hydrogens is 444 g/mol. The quantitative estimate of drug-likeness (QED) is 0.670. The van der Waals surface area contributed by atoms with Gasteiger partial charge < -0.3 is 25.6 Å². The minimum Gasteiger partial charge on any atom is -0.494 e. The van der Waals surface area contributed by atoms with Gasteiger partial charge in [-0.3, -0.25) is 9.59 Å². The molecule has 0 aromatic heterocycles. The van der Waals surface area contributed by atoms with Crippen molar-refractivity contribution in [3.63, 3.8) is 0 Å². The molecule has 8 nitrogen and oxygen atoms in total. The number of para-hydroxylation sites is 1. The molecule has 1 heterocycles. The van der Waals surface area contributed by atoms with Gasteiger partial charge in [-0.2, -0.15) is 0 Å². The number of halogens is 1. The average Bonchev–Trinajstić information content (AvgIpc) is 2.93. The molecule has 0 radical (unpaired) electrons. The fourth-order valence-electron chi connectivity index (χ4n) is 3.64. The first-order valence-electron chi connectivity index (χ1n) is 10.9. The second-order valence-electron chi connectivity index (χ2n) is 8.09. The number of benzene rings is 2. The van der Waals surface area contributed by atoms with Crippen molar-refractivity contribution in [2.45, 2.75) is 45.8 Å². The lowest BCUT2D eigenvalue weighted by atomic mass is 10.1. The third-order valence-corrected chi connectivity index (χ3v) is 5.83. The predicted octanol–water partition coefficient (Wildman–Crippen LogP) is 3.56. The van der Waals surface area contributed by atoms with Crippen LogP contribution in [0.25, 0.3) is 0 Å². The van der Waals surface area contributed by atoms with Crippen LogP contribution < -0.4 is 20.7 Å². The molecule has 1 aliphatic heterocycles. The zero-order chi connectivity index (χ0) is 24.1. The normalized spacial score (nSPS) is 16.4. The third kappa shape index (κ3) is 5.57. The van der Waals surface area contributed by atoms with E-state index in [4.69, 9.17) is 22.1 Å². The monoisotopic (exact) mass is 472 g/mol. The second kappa shape index (κ2) is 10.6. The Labute approximate surface area is 198 Å². The van der Waals surface area contributed by atoms with Gasteiger partial charge in [-0.05, 0) is 50.1 Å². The molecule has 9 heteroatoms. The van der Waals surface area contributed by atoms with Gasteiger partial charge in [0.2, 0.25) is 5.91 Å². The number of hydrogen-bond acceptors (Lipinski definition) is 4. The van der Waals surface area contributed by atoms with Crippen LogP contribution in [0.1, 0.15) is 43.1 Å². The molecule has 3 N–H and O–H groups in total. The number of nitrogens with zero attached hydrogens (tertiary/aromatic N) is 2. The van der Waals surface area contributed by atoms with E-state index in [0.29, 0.717) is 28.6 Å². The molecule has 0 aliphatic carbocycles. The summed E-state index contributed by atoms with van der Waals surface area (Å²) in [6.45, 7) is 6.48. The van der Waals surface area contributed by atoms with Crippen molar-refractivity contribution < 1.29 is 19.1 Å². The lowest BCUT2D eigenvalue weighted by Gasteiger charge is -2.30. The summed E-state index contributed by atoms with van der Waals surface area (Å²) in [7, 11) is 0. The van der Waals surface area contributed by atoms with Gasteiger partial charge in [0.15, 0.2) is 0 Å². The molecule has 0 fully saturated rings. The van der Waals surface area contributed by atoms with Gasteiger partial charge in [-0.15, -0.1) is 0 Å². The van der Waals surface area contributed by atoms with Crippen LogP contribution in [0.4, 0.5) is 10.5 Å². The largest absolute Gasteiger partial charge is 0.494 e. The number of hydrogen-bond donors (Lipinski definition) is 2. The SMILES string of the molecule is CCCOc1ccc(C(=O)N2C[C@@H](C)N(C(=O)N[C@@H](C)C(N)=O)Cc3ccccc32)c(Cl)c1. The zero-order valence-electron chi connectivity index (χ0n) is 19.0. The van der Waals surface area contributed by atoms with Crippen LogP contribution in [0.5, 0.6) is 5.75 Å². The maximum atomic E-state index is 13.6. The van der Waals surface area contributed by atoms with Crippen LogP contribution >= 0.6 is 11.6 Å². The minimum absolute atomic E-state index is 0.249. The molecule has 4 amide bonds. The fourth-order valence-corrected chi connectivity index (χ4v) is 3.89. The highest BCUT2D eigenvalue weighted by atomic mass is 35.5.